The van der Waals surface area contributed by atoms with Gasteiger partial charge in [0.15, 0.2) is 0 Å². The second kappa shape index (κ2) is 16.9. The molecule has 2 N–H and O–H groups in total. The SMILES string of the molecule is CCN(CC)c1ccc(N2CC=C[C@@]34O[C@H]5/C=C\CCC(=O)N[C@@H](COC)[C@H](c6ccccc6)OC(=O)[C@H]5[C@@H]3C(=O)N([C@@H](CO)CC(C)C)[C@H]4C2=O)cc1. The van der Waals surface area contributed by atoms with Gasteiger partial charge in [0.25, 0.3) is 5.91 Å². The van der Waals surface area contributed by atoms with Gasteiger partial charge >= 0.3 is 5.97 Å². The van der Waals surface area contributed by atoms with Gasteiger partial charge in [-0.3, -0.25) is 19.2 Å². The second-order valence-corrected chi connectivity index (χ2v) is 15.0. The molecule has 4 heterocycles. The summed E-state index contributed by atoms with van der Waals surface area (Å²) in [6.07, 6.45) is 6.20. The monoisotopic (exact) mass is 742 g/mol. The number of anilines is 2. The number of carbonyl (C=O) groups is 4. The van der Waals surface area contributed by atoms with Gasteiger partial charge in [0.2, 0.25) is 11.8 Å². The summed E-state index contributed by atoms with van der Waals surface area (Å²) < 4.78 is 18.8. The summed E-state index contributed by atoms with van der Waals surface area (Å²) in [5.41, 5.74) is 0.794. The van der Waals surface area contributed by atoms with Gasteiger partial charge in [-0.2, -0.15) is 0 Å². The predicted octanol–water partition coefficient (Wildman–Crippen LogP) is 4.19. The van der Waals surface area contributed by atoms with Crippen molar-refractivity contribution < 1.29 is 38.5 Å². The van der Waals surface area contributed by atoms with Crippen LogP contribution in [0.3, 0.4) is 0 Å². The van der Waals surface area contributed by atoms with Crippen molar-refractivity contribution in [2.45, 2.75) is 82.9 Å². The first-order valence-electron chi connectivity index (χ1n) is 19.2. The number of nitrogens with zero attached hydrogens (tertiary/aromatic N) is 3. The van der Waals surface area contributed by atoms with E-state index >= 15 is 9.59 Å². The molecule has 54 heavy (non-hydrogen) atoms. The smallest absolute Gasteiger partial charge is 0.313 e. The summed E-state index contributed by atoms with van der Waals surface area (Å²) in [4.78, 5) is 63.4. The highest BCUT2D eigenvalue weighted by atomic mass is 16.6. The van der Waals surface area contributed by atoms with Gasteiger partial charge in [-0.1, -0.05) is 68.5 Å². The van der Waals surface area contributed by atoms with Crippen molar-refractivity contribution in [1.29, 1.82) is 0 Å². The van der Waals surface area contributed by atoms with E-state index in [9.17, 15) is 14.7 Å². The van der Waals surface area contributed by atoms with Crippen LogP contribution in [0.2, 0.25) is 0 Å². The molecule has 12 nitrogen and oxygen atoms in total. The lowest BCUT2D eigenvalue weighted by molar-refractivity contribution is -0.163. The first-order valence-corrected chi connectivity index (χ1v) is 19.2. The van der Waals surface area contributed by atoms with E-state index in [0.29, 0.717) is 24.1 Å². The van der Waals surface area contributed by atoms with E-state index in [2.05, 4.69) is 24.1 Å². The molecule has 1 spiro atoms. The molecular weight excluding hydrogens is 688 g/mol. The van der Waals surface area contributed by atoms with Gasteiger partial charge in [0, 0.05) is 44.5 Å². The maximum atomic E-state index is 15.1. The van der Waals surface area contributed by atoms with E-state index in [0.717, 1.165) is 18.8 Å². The maximum absolute atomic E-state index is 15.1. The second-order valence-electron chi connectivity index (χ2n) is 15.0. The standard InChI is InChI=1S/C42H54N4O8/c1-6-44(7-2)29-18-20-30(21-19-29)45-23-13-22-42-36(39(49)46(38(42)40(45)50)31(25-47)24-27(3)4)35-33(54-42)16-11-12-17-34(48)43-32(26-52-5)37(53-41(35)51)28-14-9-8-10-15-28/h8-11,13-16,18-22,27,31-33,35-38,47H,6-7,12,17,23-26H2,1-5H3,(H,43,48)/b16-11-/t31-,32+,33+,35-,36-,37+,38+,42-/m1/s1. The summed E-state index contributed by atoms with van der Waals surface area (Å²) >= 11 is 0. The number of hydrogen-bond donors (Lipinski definition) is 2. The Kier molecular flexibility index (Phi) is 12.2. The Morgan fingerprint density at radius 2 is 1.72 bits per heavy atom. The third-order valence-corrected chi connectivity index (χ3v) is 11.1. The number of methoxy groups -OCH3 is 1. The molecule has 2 aromatic rings. The van der Waals surface area contributed by atoms with Crippen LogP contribution < -0.4 is 15.1 Å². The molecule has 0 saturated carbocycles. The summed E-state index contributed by atoms with van der Waals surface area (Å²) in [6, 6.07) is 14.3. The third-order valence-electron chi connectivity index (χ3n) is 11.1. The van der Waals surface area contributed by atoms with E-state index in [1.165, 1.54) is 12.0 Å². The number of nitrogens with one attached hydrogen (secondary N) is 1. The molecule has 0 radical (unpaired) electrons. The highest BCUT2D eigenvalue weighted by Crippen LogP contribution is 2.54. The Bertz CT molecular complexity index is 1710. The third kappa shape index (κ3) is 7.43. The van der Waals surface area contributed by atoms with E-state index in [4.69, 9.17) is 14.2 Å². The largest absolute Gasteiger partial charge is 0.455 e. The average Bonchev–Trinajstić information content (AvgIpc) is 3.56. The Morgan fingerprint density at radius 1 is 1.00 bits per heavy atom. The number of ether oxygens (including phenoxy) is 3. The van der Waals surface area contributed by atoms with Crippen molar-refractivity contribution in [1.82, 2.24) is 10.2 Å². The lowest BCUT2D eigenvalue weighted by Gasteiger charge is -2.39. The molecule has 0 aromatic heterocycles. The summed E-state index contributed by atoms with van der Waals surface area (Å²) in [5, 5.41) is 13.8. The Hall–Kier alpha value is -4.52. The molecule has 6 rings (SSSR count). The molecule has 0 unspecified atom stereocenters. The molecule has 0 bridgehead atoms. The molecule has 2 aromatic carbocycles. The molecule has 12 heteroatoms. The highest BCUT2D eigenvalue weighted by Gasteiger charge is 2.72. The molecule has 290 valence electrons. The number of rotatable bonds is 11. The highest BCUT2D eigenvalue weighted by molar-refractivity contribution is 6.05. The lowest BCUT2D eigenvalue weighted by Crippen LogP contribution is -2.58. The van der Waals surface area contributed by atoms with Crippen LogP contribution in [0.15, 0.2) is 78.9 Å². The number of hydrogen-bond acceptors (Lipinski definition) is 9. The number of likely N-dealkylation sites (tertiary alicyclic amines) is 1. The number of fused-ring (bicyclic) bond motifs is 2. The van der Waals surface area contributed by atoms with E-state index in [-0.39, 0.29) is 43.9 Å². The number of cyclic esters (lactones) is 1. The van der Waals surface area contributed by atoms with Crippen LogP contribution in [0.25, 0.3) is 0 Å². The predicted molar refractivity (Wildman–Crippen MR) is 204 cm³/mol. The van der Waals surface area contributed by atoms with E-state index in [1.807, 2.05) is 74.5 Å². The number of esters is 1. The number of carbonyl (C=O) groups excluding carboxylic acids is 4. The molecule has 4 aliphatic rings. The van der Waals surface area contributed by atoms with Crippen LogP contribution in [-0.4, -0.2) is 103 Å². The van der Waals surface area contributed by atoms with Crippen LogP contribution in [0.5, 0.6) is 0 Å². The molecular formula is C42H54N4O8. The van der Waals surface area contributed by atoms with Gasteiger partial charge in [-0.25, -0.2) is 0 Å². The van der Waals surface area contributed by atoms with Crippen LogP contribution in [0, 0.1) is 17.8 Å². The Balaban J connectivity index is 1.45. The molecule has 2 saturated heterocycles. The number of aliphatic hydroxyl groups excluding tert-OH is 1. The number of benzene rings is 2. The van der Waals surface area contributed by atoms with Gasteiger partial charge in [0.05, 0.1) is 37.3 Å². The fraction of sp³-hybridized carbons (Fsp3) is 0.524. The average molecular weight is 743 g/mol. The first kappa shape index (κ1) is 39.2. The van der Waals surface area contributed by atoms with Crippen molar-refractivity contribution in [3.05, 3.63) is 84.5 Å². The molecule has 2 fully saturated rings. The van der Waals surface area contributed by atoms with Gasteiger partial charge in [-0.15, -0.1) is 0 Å². The lowest BCUT2D eigenvalue weighted by atomic mass is 9.77. The molecule has 4 aliphatic heterocycles. The van der Waals surface area contributed by atoms with Gasteiger partial charge < -0.3 is 39.3 Å². The van der Waals surface area contributed by atoms with Gasteiger partial charge in [0.1, 0.15) is 23.7 Å². The topological polar surface area (TPSA) is 138 Å². The summed E-state index contributed by atoms with van der Waals surface area (Å²) in [5.74, 6) is -3.91. The van der Waals surface area contributed by atoms with Crippen molar-refractivity contribution in [3.8, 4) is 0 Å². The van der Waals surface area contributed by atoms with Gasteiger partial charge in [-0.05, 0) is 62.4 Å². The van der Waals surface area contributed by atoms with Crippen molar-refractivity contribution >= 4 is 35.1 Å². The zero-order chi connectivity index (χ0) is 38.6. The Morgan fingerprint density at radius 3 is 2.37 bits per heavy atom. The maximum Gasteiger partial charge on any atom is 0.313 e. The quantitative estimate of drug-likeness (QED) is 0.257. The van der Waals surface area contributed by atoms with Crippen LogP contribution in [-0.2, 0) is 33.4 Å². The summed E-state index contributed by atoms with van der Waals surface area (Å²) in [6.45, 7) is 9.77. The first-order chi connectivity index (χ1) is 26.1. The van der Waals surface area contributed by atoms with Crippen molar-refractivity contribution in [2.24, 2.45) is 17.8 Å². The van der Waals surface area contributed by atoms with Crippen molar-refractivity contribution in [2.75, 3.05) is 49.8 Å². The number of allylic oxidation sites excluding steroid dienone is 1. The molecule has 3 amide bonds. The minimum atomic E-state index is -1.55. The van der Waals surface area contributed by atoms with E-state index in [1.54, 1.807) is 23.1 Å². The molecule has 8 atom stereocenters. The van der Waals surface area contributed by atoms with Crippen LogP contribution >= 0.6 is 0 Å². The summed E-state index contributed by atoms with van der Waals surface area (Å²) in [7, 11) is 1.51. The molecule has 0 aliphatic carbocycles. The van der Waals surface area contributed by atoms with Crippen LogP contribution in [0.4, 0.5) is 11.4 Å². The Labute approximate surface area is 318 Å². The fourth-order valence-corrected chi connectivity index (χ4v) is 8.71. The minimum absolute atomic E-state index is 0.0670. The number of amides is 3. The zero-order valence-corrected chi connectivity index (χ0v) is 31.9. The van der Waals surface area contributed by atoms with Crippen LogP contribution in [0.1, 0.15) is 58.6 Å². The fourth-order valence-electron chi connectivity index (χ4n) is 8.71. The normalized spacial score (nSPS) is 29.7. The van der Waals surface area contributed by atoms with Crippen molar-refractivity contribution in [3.63, 3.8) is 0 Å². The van der Waals surface area contributed by atoms with E-state index < -0.39 is 59.6 Å². The number of aliphatic hydroxyl groups is 1. The zero-order valence-electron chi connectivity index (χ0n) is 31.9. The minimum Gasteiger partial charge on any atom is -0.455 e.